The van der Waals surface area contributed by atoms with Crippen molar-refractivity contribution in [1.29, 1.82) is 0 Å². The lowest BCUT2D eigenvalue weighted by molar-refractivity contribution is -0.130. The molecule has 8 heteroatoms. The van der Waals surface area contributed by atoms with Gasteiger partial charge in [-0.05, 0) is 19.3 Å². The molecule has 1 fully saturated rings. The molecule has 1 unspecified atom stereocenters. The largest absolute Gasteiger partial charge is 0.376 e. The van der Waals surface area contributed by atoms with Gasteiger partial charge in [-0.2, -0.15) is 5.10 Å². The molecule has 0 bridgehead atoms. The first-order valence-electron chi connectivity index (χ1n) is 9.34. The summed E-state index contributed by atoms with van der Waals surface area (Å²) in [5.41, 5.74) is 1.65. The lowest BCUT2D eigenvalue weighted by Gasteiger charge is -2.33. The van der Waals surface area contributed by atoms with Crippen LogP contribution in [0.15, 0.2) is 0 Å². The average molecular weight is 366 g/mol. The highest BCUT2D eigenvalue weighted by molar-refractivity contribution is 5.94. The summed E-state index contributed by atoms with van der Waals surface area (Å²) in [7, 11) is 0. The van der Waals surface area contributed by atoms with Crippen LogP contribution in [0.5, 0.6) is 0 Å². The van der Waals surface area contributed by atoms with Gasteiger partial charge in [0.1, 0.15) is 0 Å². The molecular weight excluding hydrogens is 339 g/mol. The Kier molecular flexibility index (Phi) is 5.60. The second-order valence-corrected chi connectivity index (χ2v) is 7.19. The van der Waals surface area contributed by atoms with Gasteiger partial charge < -0.3 is 15.0 Å². The van der Waals surface area contributed by atoms with Crippen LogP contribution in [0.25, 0.3) is 0 Å². The lowest BCUT2D eigenvalue weighted by Crippen LogP contribution is -2.41. The van der Waals surface area contributed by atoms with Gasteiger partial charge in [0.15, 0.2) is 5.69 Å². The summed E-state index contributed by atoms with van der Waals surface area (Å²) in [6.45, 7) is 5.26. The molecule has 1 spiro atoms. The van der Waals surface area contributed by atoms with E-state index in [-0.39, 0.29) is 29.7 Å². The predicted octanol–water partition coefficient (Wildman–Crippen LogP) is 1.69. The first-order chi connectivity index (χ1) is 12.5. The first-order valence-corrected chi connectivity index (χ1v) is 9.34. The molecule has 0 aliphatic carbocycles. The number of ether oxygens (including phenoxy) is 1. The van der Waals surface area contributed by atoms with Crippen LogP contribution < -0.4 is 5.32 Å². The molecular formula is C18H27FN4O3. The minimum Gasteiger partial charge on any atom is -0.376 e. The summed E-state index contributed by atoms with van der Waals surface area (Å²) < 4.78 is 18.3. The smallest absolute Gasteiger partial charge is 0.272 e. The van der Waals surface area contributed by atoms with Crippen molar-refractivity contribution >= 4 is 11.8 Å². The van der Waals surface area contributed by atoms with Crippen molar-refractivity contribution < 1.29 is 18.7 Å². The molecule has 1 aromatic heterocycles. The van der Waals surface area contributed by atoms with Gasteiger partial charge in [-0.15, -0.1) is 0 Å². The van der Waals surface area contributed by atoms with Crippen molar-refractivity contribution in [2.24, 2.45) is 0 Å². The van der Waals surface area contributed by atoms with Gasteiger partial charge in [0.2, 0.25) is 5.91 Å². The number of rotatable bonds is 6. The van der Waals surface area contributed by atoms with Gasteiger partial charge in [0.25, 0.3) is 5.91 Å². The Labute approximate surface area is 152 Å². The summed E-state index contributed by atoms with van der Waals surface area (Å²) in [6.07, 6.45) is 2.35. The van der Waals surface area contributed by atoms with Gasteiger partial charge in [-0.3, -0.25) is 19.1 Å². The fourth-order valence-corrected chi connectivity index (χ4v) is 3.95. The Hall–Kier alpha value is -1.96. The van der Waals surface area contributed by atoms with Gasteiger partial charge in [-0.1, -0.05) is 13.8 Å². The van der Waals surface area contributed by atoms with E-state index in [0.29, 0.717) is 38.4 Å². The molecule has 2 aliphatic rings. The van der Waals surface area contributed by atoms with Crippen LogP contribution >= 0.6 is 0 Å². The highest BCUT2D eigenvalue weighted by Crippen LogP contribution is 2.40. The molecule has 144 valence electrons. The molecule has 26 heavy (non-hydrogen) atoms. The maximum atomic E-state index is 12.6. The summed E-state index contributed by atoms with van der Waals surface area (Å²) in [6, 6.07) is 0.119. The number of hydrogen-bond donors (Lipinski definition) is 2. The molecule has 7 nitrogen and oxygen atoms in total. The average Bonchev–Trinajstić information content (AvgIpc) is 3.26. The second-order valence-electron chi connectivity index (χ2n) is 7.19. The predicted molar refractivity (Wildman–Crippen MR) is 93.5 cm³/mol. The number of aromatic nitrogens is 2. The number of alkyl halides is 1. The van der Waals surface area contributed by atoms with E-state index in [1.165, 1.54) is 0 Å². The van der Waals surface area contributed by atoms with E-state index in [4.69, 9.17) is 4.74 Å². The van der Waals surface area contributed by atoms with Gasteiger partial charge in [0, 0.05) is 24.7 Å². The Morgan fingerprint density at radius 3 is 2.88 bits per heavy atom. The minimum atomic E-state index is -0.644. The van der Waals surface area contributed by atoms with Crippen LogP contribution in [-0.4, -0.2) is 59.3 Å². The number of hydrogen-bond acceptors (Lipinski definition) is 4. The van der Waals surface area contributed by atoms with Crippen molar-refractivity contribution in [3.63, 3.8) is 0 Å². The van der Waals surface area contributed by atoms with Crippen LogP contribution in [0, 0.1) is 0 Å². The molecule has 0 radical (unpaired) electrons. The Balaban J connectivity index is 1.81. The highest BCUT2D eigenvalue weighted by Gasteiger charge is 2.47. The SMILES string of the molecule is CCC(CC)NC(=O)c1n[nH]c2c1COCC21CCN(C(=O)CCF)C1. The fraction of sp³-hybridized carbons (Fsp3) is 0.722. The molecule has 3 heterocycles. The van der Waals surface area contributed by atoms with Crippen molar-refractivity contribution in [3.8, 4) is 0 Å². The number of nitrogens with one attached hydrogen (secondary N) is 2. The summed E-state index contributed by atoms with van der Waals surface area (Å²) in [5, 5.41) is 10.3. The van der Waals surface area contributed by atoms with Crippen LogP contribution in [0.3, 0.4) is 0 Å². The van der Waals surface area contributed by atoms with E-state index in [1.807, 2.05) is 13.8 Å². The molecule has 1 aromatic rings. The molecule has 0 saturated carbocycles. The zero-order valence-electron chi connectivity index (χ0n) is 15.4. The number of likely N-dealkylation sites (tertiary alicyclic amines) is 1. The molecule has 2 aliphatic heterocycles. The van der Waals surface area contributed by atoms with Gasteiger partial charge in [0.05, 0.1) is 37.4 Å². The number of amides is 2. The van der Waals surface area contributed by atoms with Crippen molar-refractivity contribution in [2.45, 2.75) is 57.6 Å². The van der Waals surface area contributed by atoms with E-state index < -0.39 is 6.67 Å². The molecule has 0 aromatic carbocycles. The first kappa shape index (κ1) is 18.8. The van der Waals surface area contributed by atoms with E-state index in [2.05, 4.69) is 15.5 Å². The van der Waals surface area contributed by atoms with Crippen LogP contribution in [0.4, 0.5) is 4.39 Å². The van der Waals surface area contributed by atoms with Crippen LogP contribution in [0.1, 0.15) is 61.3 Å². The molecule has 2 N–H and O–H groups in total. The maximum absolute atomic E-state index is 12.6. The van der Waals surface area contributed by atoms with E-state index in [9.17, 15) is 14.0 Å². The number of H-pyrrole nitrogens is 1. The zero-order chi connectivity index (χ0) is 18.7. The van der Waals surface area contributed by atoms with Gasteiger partial charge in [-0.25, -0.2) is 0 Å². The maximum Gasteiger partial charge on any atom is 0.272 e. The Bertz CT molecular complexity index is 673. The van der Waals surface area contributed by atoms with Crippen LogP contribution in [-0.2, 0) is 21.6 Å². The van der Waals surface area contributed by atoms with E-state index in [0.717, 1.165) is 24.1 Å². The lowest BCUT2D eigenvalue weighted by atomic mass is 9.80. The molecule has 1 saturated heterocycles. The normalized spacial score (nSPS) is 22.1. The quantitative estimate of drug-likeness (QED) is 0.802. The van der Waals surface area contributed by atoms with Crippen molar-refractivity contribution in [1.82, 2.24) is 20.4 Å². The Morgan fingerprint density at radius 1 is 1.42 bits per heavy atom. The second kappa shape index (κ2) is 7.73. The number of carbonyl (C=O) groups is 2. The third-order valence-corrected chi connectivity index (χ3v) is 5.57. The summed E-state index contributed by atoms with van der Waals surface area (Å²) >= 11 is 0. The zero-order valence-corrected chi connectivity index (χ0v) is 15.4. The molecule has 1 atom stereocenters. The monoisotopic (exact) mass is 366 g/mol. The Morgan fingerprint density at radius 2 is 2.19 bits per heavy atom. The van der Waals surface area contributed by atoms with Crippen molar-refractivity contribution in [3.05, 3.63) is 17.0 Å². The van der Waals surface area contributed by atoms with Crippen LogP contribution in [0.2, 0.25) is 0 Å². The summed E-state index contributed by atoms with van der Waals surface area (Å²) in [4.78, 5) is 26.3. The topological polar surface area (TPSA) is 87.3 Å². The molecule has 3 rings (SSSR count). The van der Waals surface area contributed by atoms with E-state index in [1.54, 1.807) is 4.90 Å². The fourth-order valence-electron chi connectivity index (χ4n) is 3.95. The third-order valence-electron chi connectivity index (χ3n) is 5.57. The number of nitrogens with zero attached hydrogens (tertiary/aromatic N) is 2. The van der Waals surface area contributed by atoms with Crippen molar-refractivity contribution in [2.75, 3.05) is 26.4 Å². The standard InChI is InChI=1S/C18H27FN4O3/c1-3-12(4-2)20-17(25)15-13-9-26-11-18(16(13)22-21-15)6-8-23(10-18)14(24)5-7-19/h12H,3-11H2,1-2H3,(H,20,25)(H,21,22). The van der Waals surface area contributed by atoms with E-state index >= 15 is 0 Å². The number of aromatic amines is 1. The van der Waals surface area contributed by atoms with Gasteiger partial charge >= 0.3 is 0 Å². The minimum absolute atomic E-state index is 0.0875. The number of fused-ring (bicyclic) bond motifs is 2. The summed E-state index contributed by atoms with van der Waals surface area (Å²) in [5.74, 6) is -0.372. The molecule has 2 amide bonds. The highest BCUT2D eigenvalue weighted by atomic mass is 19.1. The number of halogens is 1. The third kappa shape index (κ3) is 3.34. The number of carbonyl (C=O) groups excluding carboxylic acids is 2.